The number of carbonyl (C=O) groups excluding carboxylic acids is 2. The van der Waals surface area contributed by atoms with E-state index in [-0.39, 0.29) is 36.4 Å². The van der Waals surface area contributed by atoms with E-state index in [0.717, 1.165) is 22.9 Å². The SMILES string of the molecule is CCC(c1ccc(Br)cc1)N1CCC(CCC(N)=O)OC1=O.Fc1ccccc1. The number of ether oxygens (including phenoxy) is 1. The number of cyclic esters (lactones) is 1. The molecule has 5 nitrogen and oxygen atoms in total. The normalized spacial score (nSPS) is 17.0. The Bertz CT molecular complexity index is 786. The Hall–Kier alpha value is -2.41. The summed E-state index contributed by atoms with van der Waals surface area (Å²) in [5, 5.41) is 0. The number of rotatable bonds is 6. The topological polar surface area (TPSA) is 72.6 Å². The minimum absolute atomic E-state index is 0.0118. The molecule has 1 heterocycles. The van der Waals surface area contributed by atoms with Crippen molar-refractivity contribution in [2.45, 2.75) is 44.8 Å². The second-order valence-corrected chi connectivity index (χ2v) is 7.68. The molecule has 0 spiro atoms. The number of hydrogen-bond acceptors (Lipinski definition) is 3. The highest BCUT2D eigenvalue weighted by Crippen LogP contribution is 2.29. The number of primary amides is 1. The van der Waals surface area contributed by atoms with E-state index in [2.05, 4.69) is 22.9 Å². The minimum Gasteiger partial charge on any atom is -0.446 e. The zero-order chi connectivity index (χ0) is 21.2. The van der Waals surface area contributed by atoms with Crippen molar-refractivity contribution in [1.82, 2.24) is 4.90 Å². The van der Waals surface area contributed by atoms with E-state index in [9.17, 15) is 14.0 Å². The number of nitrogens with zero attached hydrogens (tertiary/aromatic N) is 1. The van der Waals surface area contributed by atoms with E-state index in [1.54, 1.807) is 23.1 Å². The number of carbonyl (C=O) groups is 2. The highest BCUT2D eigenvalue weighted by molar-refractivity contribution is 9.10. The van der Waals surface area contributed by atoms with E-state index in [0.29, 0.717) is 13.0 Å². The summed E-state index contributed by atoms with van der Waals surface area (Å²) in [6, 6.07) is 15.9. The van der Waals surface area contributed by atoms with Gasteiger partial charge < -0.3 is 15.4 Å². The predicted octanol–water partition coefficient (Wildman–Crippen LogP) is 5.20. The summed E-state index contributed by atoms with van der Waals surface area (Å²) in [6.07, 6.45) is 1.79. The third kappa shape index (κ3) is 7.49. The van der Waals surface area contributed by atoms with Gasteiger partial charge in [0.1, 0.15) is 11.9 Å². The molecule has 3 rings (SSSR count). The van der Waals surface area contributed by atoms with E-state index in [1.165, 1.54) is 12.1 Å². The smallest absolute Gasteiger partial charge is 0.410 e. The van der Waals surface area contributed by atoms with Crippen molar-refractivity contribution in [3.63, 3.8) is 0 Å². The lowest BCUT2D eigenvalue weighted by atomic mass is 10.0. The van der Waals surface area contributed by atoms with Gasteiger partial charge in [-0.05, 0) is 42.7 Å². The first kappa shape index (κ1) is 22.9. The molecular weight excluding hydrogens is 439 g/mol. The second-order valence-electron chi connectivity index (χ2n) is 6.76. The van der Waals surface area contributed by atoms with Gasteiger partial charge in [-0.2, -0.15) is 0 Å². The molecule has 0 saturated carbocycles. The number of benzene rings is 2. The summed E-state index contributed by atoms with van der Waals surface area (Å²) in [4.78, 5) is 24.9. The van der Waals surface area contributed by atoms with Crippen LogP contribution in [0.4, 0.5) is 9.18 Å². The fourth-order valence-electron chi connectivity index (χ4n) is 3.17. The van der Waals surface area contributed by atoms with Crippen LogP contribution in [0.15, 0.2) is 59.1 Å². The van der Waals surface area contributed by atoms with Gasteiger partial charge in [-0.1, -0.05) is 53.2 Å². The van der Waals surface area contributed by atoms with Crippen molar-refractivity contribution in [3.8, 4) is 0 Å². The van der Waals surface area contributed by atoms with Crippen molar-refractivity contribution < 1.29 is 18.7 Å². The lowest BCUT2D eigenvalue weighted by Crippen LogP contribution is -2.44. The average Bonchev–Trinajstić information content (AvgIpc) is 2.71. The number of amides is 2. The average molecular weight is 465 g/mol. The Morgan fingerprint density at radius 1 is 1.24 bits per heavy atom. The number of halogens is 2. The van der Waals surface area contributed by atoms with Crippen LogP contribution in [0.1, 0.15) is 44.2 Å². The fourth-order valence-corrected chi connectivity index (χ4v) is 3.43. The molecule has 1 aliphatic heterocycles. The van der Waals surface area contributed by atoms with Gasteiger partial charge in [0.2, 0.25) is 5.91 Å². The zero-order valence-electron chi connectivity index (χ0n) is 16.4. The number of hydrogen-bond donors (Lipinski definition) is 1. The zero-order valence-corrected chi connectivity index (χ0v) is 18.0. The highest BCUT2D eigenvalue weighted by Gasteiger charge is 2.32. The molecule has 0 aliphatic carbocycles. The Kier molecular flexibility index (Phi) is 9.12. The molecule has 1 saturated heterocycles. The molecule has 2 unspecified atom stereocenters. The minimum atomic E-state index is -0.361. The Morgan fingerprint density at radius 3 is 2.38 bits per heavy atom. The predicted molar refractivity (Wildman–Crippen MR) is 114 cm³/mol. The van der Waals surface area contributed by atoms with Crippen LogP contribution in [0.5, 0.6) is 0 Å². The van der Waals surface area contributed by atoms with Crippen molar-refractivity contribution >= 4 is 27.9 Å². The lowest BCUT2D eigenvalue weighted by molar-refractivity contribution is -0.118. The molecule has 2 amide bonds. The first-order valence-corrected chi connectivity index (χ1v) is 10.4. The second kappa shape index (κ2) is 11.6. The molecule has 2 aromatic rings. The largest absolute Gasteiger partial charge is 0.446 e. The van der Waals surface area contributed by atoms with E-state index >= 15 is 0 Å². The Labute approximate surface area is 179 Å². The molecule has 1 fully saturated rings. The molecule has 0 aromatic heterocycles. The van der Waals surface area contributed by atoms with Crippen LogP contribution < -0.4 is 5.73 Å². The van der Waals surface area contributed by atoms with Crippen LogP contribution in [0.25, 0.3) is 0 Å². The summed E-state index contributed by atoms with van der Waals surface area (Å²) < 4.78 is 18.4. The molecule has 0 radical (unpaired) electrons. The third-order valence-electron chi connectivity index (χ3n) is 4.66. The maximum absolute atomic E-state index is 12.3. The Balaban J connectivity index is 0.000000360. The van der Waals surface area contributed by atoms with Crippen molar-refractivity contribution in [2.75, 3.05) is 6.54 Å². The summed E-state index contributed by atoms with van der Waals surface area (Å²) in [5.74, 6) is -0.540. The van der Waals surface area contributed by atoms with Crippen molar-refractivity contribution in [3.05, 3.63) is 70.5 Å². The molecule has 7 heteroatoms. The summed E-state index contributed by atoms with van der Waals surface area (Å²) >= 11 is 3.42. The summed E-state index contributed by atoms with van der Waals surface area (Å²) in [5.41, 5.74) is 6.23. The van der Waals surface area contributed by atoms with E-state index in [4.69, 9.17) is 10.5 Å². The molecule has 156 valence electrons. The van der Waals surface area contributed by atoms with Crippen LogP contribution in [0, 0.1) is 5.82 Å². The van der Waals surface area contributed by atoms with Gasteiger partial charge in [-0.15, -0.1) is 0 Å². The van der Waals surface area contributed by atoms with Gasteiger partial charge in [0, 0.05) is 23.9 Å². The monoisotopic (exact) mass is 464 g/mol. The lowest BCUT2D eigenvalue weighted by Gasteiger charge is -2.37. The van der Waals surface area contributed by atoms with Gasteiger partial charge in [-0.3, -0.25) is 4.79 Å². The first-order valence-electron chi connectivity index (χ1n) is 9.62. The molecule has 29 heavy (non-hydrogen) atoms. The highest BCUT2D eigenvalue weighted by atomic mass is 79.9. The Morgan fingerprint density at radius 2 is 1.90 bits per heavy atom. The molecule has 2 N–H and O–H groups in total. The van der Waals surface area contributed by atoms with E-state index in [1.807, 2.05) is 24.3 Å². The van der Waals surface area contributed by atoms with E-state index < -0.39 is 0 Å². The van der Waals surface area contributed by atoms with Crippen LogP contribution >= 0.6 is 15.9 Å². The maximum atomic E-state index is 12.3. The van der Waals surface area contributed by atoms with Gasteiger partial charge >= 0.3 is 6.09 Å². The third-order valence-corrected chi connectivity index (χ3v) is 5.19. The van der Waals surface area contributed by atoms with Crippen LogP contribution in [-0.2, 0) is 9.53 Å². The summed E-state index contributed by atoms with van der Waals surface area (Å²) in [7, 11) is 0. The number of nitrogens with two attached hydrogens (primary N) is 1. The first-order chi connectivity index (χ1) is 13.9. The van der Waals surface area contributed by atoms with Crippen LogP contribution in [0.2, 0.25) is 0 Å². The molecule has 0 bridgehead atoms. The molecular formula is C22H26BrFN2O3. The summed E-state index contributed by atoms with van der Waals surface area (Å²) in [6.45, 7) is 2.69. The van der Waals surface area contributed by atoms with Crippen LogP contribution in [0.3, 0.4) is 0 Å². The van der Waals surface area contributed by atoms with Gasteiger partial charge in [0.05, 0.1) is 6.04 Å². The van der Waals surface area contributed by atoms with Crippen molar-refractivity contribution in [2.24, 2.45) is 5.73 Å². The van der Waals surface area contributed by atoms with Crippen molar-refractivity contribution in [1.29, 1.82) is 0 Å². The molecule has 2 atom stereocenters. The fraction of sp³-hybridized carbons (Fsp3) is 0.364. The van der Waals surface area contributed by atoms with Crippen LogP contribution in [-0.4, -0.2) is 29.5 Å². The molecule has 1 aliphatic rings. The molecule has 2 aromatic carbocycles. The van der Waals surface area contributed by atoms with Gasteiger partial charge in [-0.25, -0.2) is 9.18 Å². The standard InChI is InChI=1S/C16H21BrN2O3.C6H5F/c1-2-14(11-3-5-12(17)6-4-11)19-10-9-13(22-16(19)21)7-8-15(18)20;7-6-4-2-1-3-5-6/h3-6,13-14H,2,7-10H2,1H3,(H2,18,20);1-5H. The maximum Gasteiger partial charge on any atom is 0.410 e. The quantitative estimate of drug-likeness (QED) is 0.637. The van der Waals surface area contributed by atoms with Gasteiger partial charge in [0.25, 0.3) is 0 Å². The van der Waals surface area contributed by atoms with Gasteiger partial charge in [0.15, 0.2) is 0 Å².